The van der Waals surface area contributed by atoms with E-state index in [0.717, 1.165) is 0 Å². The van der Waals surface area contributed by atoms with Gasteiger partial charge in [-0.1, -0.05) is 17.6 Å². The molecule has 0 amide bonds. The number of guanidine groups is 1. The number of hydrogen-bond acceptors (Lipinski definition) is 14. The van der Waals surface area contributed by atoms with E-state index in [2.05, 4.69) is 17.6 Å². The van der Waals surface area contributed by atoms with Crippen LogP contribution < -0.4 is 0 Å². The Bertz CT molecular complexity index is 898. The van der Waals surface area contributed by atoms with E-state index in [1.165, 1.54) is 0 Å². The van der Waals surface area contributed by atoms with Crippen molar-refractivity contribution >= 4 is 18.6 Å². The Labute approximate surface area is 153 Å². The van der Waals surface area contributed by atoms with Crippen LogP contribution in [0.1, 0.15) is 0 Å². The Balaban J connectivity index is 3.03. The van der Waals surface area contributed by atoms with Gasteiger partial charge in [0.1, 0.15) is 11.2 Å². The van der Waals surface area contributed by atoms with Crippen LogP contribution in [0.5, 0.6) is 0 Å². The summed E-state index contributed by atoms with van der Waals surface area (Å²) in [5.41, 5.74) is -1.31. The first-order chi connectivity index (χ1) is 12.7. The van der Waals surface area contributed by atoms with Gasteiger partial charge in [-0.15, -0.1) is 0 Å². The summed E-state index contributed by atoms with van der Waals surface area (Å²) in [6, 6.07) is 0. The normalized spacial score (nSPS) is 22.7. The van der Waals surface area contributed by atoms with Crippen molar-refractivity contribution in [3.05, 3.63) is 72.6 Å². The van der Waals surface area contributed by atoms with Crippen molar-refractivity contribution in [3.63, 3.8) is 0 Å². The van der Waals surface area contributed by atoms with E-state index in [0.29, 0.717) is 0 Å². The Hall–Kier alpha value is -4.44. The van der Waals surface area contributed by atoms with Crippen LogP contribution in [0.2, 0.25) is 0 Å². The molecule has 0 fully saturated rings. The summed E-state index contributed by atoms with van der Waals surface area (Å²) in [4.78, 5) is 61.3. The lowest BCUT2D eigenvalue weighted by Crippen LogP contribution is -2.80. The molecule has 2 heterocycles. The Morgan fingerprint density at radius 3 is 1.68 bits per heavy atom. The number of rotatable bonds is 5. The molecule has 0 saturated heterocycles. The minimum absolute atomic E-state index is 0.175. The summed E-state index contributed by atoms with van der Waals surface area (Å²) < 4.78 is 0. The molecule has 0 aromatic carbocycles. The Morgan fingerprint density at radius 2 is 1.36 bits per heavy atom. The van der Waals surface area contributed by atoms with Crippen LogP contribution in [0.3, 0.4) is 0 Å². The highest BCUT2D eigenvalue weighted by Crippen LogP contribution is 2.48. The molecule has 1 unspecified atom stereocenters. The minimum Gasteiger partial charge on any atom is -0.390 e. The van der Waals surface area contributed by atoms with Gasteiger partial charge in [-0.2, -0.15) is 0 Å². The third-order valence-electron chi connectivity index (χ3n) is 3.34. The summed E-state index contributed by atoms with van der Waals surface area (Å²) in [6.07, 6.45) is -0.175. The maximum Gasteiger partial charge on any atom is 0.745 e. The van der Waals surface area contributed by atoms with Crippen molar-refractivity contribution in [1.82, 2.24) is 15.0 Å². The number of hydrazine groups is 3. The molecule has 2 aliphatic rings. The first-order valence-electron chi connectivity index (χ1n) is 6.05. The van der Waals surface area contributed by atoms with Crippen LogP contribution in [-0.2, 0) is 0 Å². The molecule has 0 spiro atoms. The largest absolute Gasteiger partial charge is 0.745 e. The van der Waals surface area contributed by atoms with Crippen LogP contribution in [0.4, 0.5) is 0 Å². The number of hydrogen-bond donors (Lipinski definition) is 1. The monoisotopic (exact) mass is 426 g/mol. The van der Waals surface area contributed by atoms with E-state index in [9.17, 15) is 60.7 Å². The molecule has 0 aliphatic carbocycles. The highest BCUT2D eigenvalue weighted by Gasteiger charge is 2.92. The first-order valence-corrected chi connectivity index (χ1v) is 6.49. The van der Waals surface area contributed by atoms with Crippen LogP contribution in [-0.4, -0.2) is 61.8 Å². The van der Waals surface area contributed by atoms with Gasteiger partial charge in [-0.05, 0) is 4.92 Å². The van der Waals surface area contributed by atoms with Crippen LogP contribution in [0, 0.1) is 60.7 Å². The van der Waals surface area contributed by atoms with Gasteiger partial charge >= 0.3 is 16.9 Å². The Morgan fingerprint density at radius 1 is 0.857 bits per heavy atom. The molecule has 0 N–H and O–H groups in total. The second kappa shape index (κ2) is 5.79. The zero-order valence-electron chi connectivity index (χ0n) is 12.4. The molecule has 0 aromatic rings. The van der Waals surface area contributed by atoms with Crippen LogP contribution in [0.15, 0.2) is 16.9 Å². The van der Waals surface area contributed by atoms with Crippen molar-refractivity contribution in [3.8, 4) is 0 Å². The molecule has 0 aromatic heterocycles. The molecule has 22 nitrogen and oxygen atoms in total. The second-order valence-electron chi connectivity index (χ2n) is 4.61. The zero-order chi connectivity index (χ0) is 21.8. The van der Waals surface area contributed by atoms with Crippen molar-refractivity contribution < 1.29 is 29.9 Å². The number of nitro groups is 6. The number of aliphatic imine (C=N–C) groups is 1. The van der Waals surface area contributed by atoms with E-state index >= 15 is 0 Å². The van der Waals surface area contributed by atoms with Crippen molar-refractivity contribution in [1.29, 1.82) is 0 Å². The molecule has 0 radical (unpaired) electrons. The van der Waals surface area contributed by atoms with Gasteiger partial charge in [0.05, 0.1) is 10.0 Å². The van der Waals surface area contributed by atoms with E-state index in [1.54, 1.807) is 0 Å². The molecule has 23 heteroatoms. The lowest BCUT2D eigenvalue weighted by atomic mass is 10.2. The van der Waals surface area contributed by atoms with Gasteiger partial charge in [-0.25, -0.2) is 30.3 Å². The second-order valence-corrected chi connectivity index (χ2v) is 5.24. The van der Waals surface area contributed by atoms with Crippen molar-refractivity contribution in [2.24, 2.45) is 4.99 Å². The lowest BCUT2D eigenvalue weighted by molar-refractivity contribution is -0.974. The average Bonchev–Trinajstić information content (AvgIpc) is 2.84. The minimum atomic E-state index is -4.63. The van der Waals surface area contributed by atoms with Gasteiger partial charge < -0.3 is 10.1 Å². The van der Waals surface area contributed by atoms with Crippen LogP contribution in [0.25, 0.3) is 0 Å². The van der Waals surface area contributed by atoms with Crippen LogP contribution >= 0.6 is 12.6 Å². The fourth-order valence-corrected chi connectivity index (χ4v) is 2.85. The topological polar surface area (TPSA) is 281 Å². The molecule has 150 valence electrons. The molecular weight excluding hydrogens is 424 g/mol. The third kappa shape index (κ3) is 2.12. The summed E-state index contributed by atoms with van der Waals surface area (Å²) in [5, 5.41) is 59.2. The van der Waals surface area contributed by atoms with Crippen molar-refractivity contribution in [2.45, 2.75) is 10.9 Å². The smallest absolute Gasteiger partial charge is 0.390 e. The number of fused-ring (bicyclic) bond motifs is 1. The average molecular weight is 426 g/mol. The molecule has 0 saturated carbocycles. The predicted octanol–water partition coefficient (Wildman–Crippen LogP) is -2.28. The predicted molar refractivity (Wildman–Crippen MR) is 77.4 cm³/mol. The summed E-state index contributed by atoms with van der Waals surface area (Å²) in [7, 11) is 0. The standard InChI is InChI=1S/C5H2N10O12S/c16-9(17)3-6-2-1-7(13(22)23)5(11(18)19,12(20)21)10(15(26)27)4(2,28)8(3)14(24)25/h1,28H. The molecule has 0 bridgehead atoms. The lowest BCUT2D eigenvalue weighted by Gasteiger charge is -2.33. The van der Waals surface area contributed by atoms with Gasteiger partial charge in [-0.3, -0.25) is 20.2 Å². The fourth-order valence-electron chi connectivity index (χ4n) is 2.37. The molecular formula is C5H2N10O12S. The molecule has 28 heavy (non-hydrogen) atoms. The first kappa shape index (κ1) is 19.9. The maximum absolute atomic E-state index is 11.5. The van der Waals surface area contributed by atoms with Gasteiger partial charge in [0.15, 0.2) is 19.9 Å². The maximum atomic E-state index is 11.5. The number of thiol groups is 1. The molecule has 1 atom stereocenters. The van der Waals surface area contributed by atoms with Crippen molar-refractivity contribution in [2.75, 3.05) is 0 Å². The van der Waals surface area contributed by atoms with Gasteiger partial charge in [0.25, 0.3) is 0 Å². The highest BCUT2D eigenvalue weighted by atomic mass is 32.1. The summed E-state index contributed by atoms with van der Waals surface area (Å²) in [5.74, 6) is -6.43. The SMILES string of the molecule is O=[N+]([O-])C1=NC2=CN([N+](=O)[O-])C([N+](=O)[O-])([N+](=O)[O-])N([N+](=O)[O-])C2(S)N1[N+](=O)[O-]. The third-order valence-corrected chi connectivity index (χ3v) is 3.94. The van der Waals surface area contributed by atoms with E-state index in [-0.39, 0.29) is 6.20 Å². The summed E-state index contributed by atoms with van der Waals surface area (Å²) >= 11 is 3.46. The summed E-state index contributed by atoms with van der Waals surface area (Å²) in [6.45, 7) is 0. The van der Waals surface area contributed by atoms with Gasteiger partial charge in [0.2, 0.25) is 10.7 Å². The fraction of sp³-hybridized carbons (Fsp3) is 0.400. The van der Waals surface area contributed by atoms with E-state index in [1.807, 2.05) is 0 Å². The molecule has 2 aliphatic heterocycles. The molecule has 2 rings (SSSR count). The van der Waals surface area contributed by atoms with E-state index < -0.39 is 67.5 Å². The van der Waals surface area contributed by atoms with E-state index in [4.69, 9.17) is 0 Å². The zero-order valence-corrected chi connectivity index (χ0v) is 13.3. The Kier molecular flexibility index (Phi) is 4.11. The highest BCUT2D eigenvalue weighted by molar-refractivity contribution is 7.82. The van der Waals surface area contributed by atoms with Gasteiger partial charge in [0, 0.05) is 0 Å². The quantitative estimate of drug-likeness (QED) is 0.209. The number of nitrogens with zero attached hydrogens (tertiary/aromatic N) is 10.